The lowest BCUT2D eigenvalue weighted by atomic mass is 9.75. The van der Waals surface area contributed by atoms with E-state index in [0.717, 1.165) is 5.56 Å². The average molecular weight is 458 g/mol. The number of allylic oxidation sites excluding steroid dienone is 1. The van der Waals surface area contributed by atoms with Gasteiger partial charge in [0.1, 0.15) is 16.3 Å². The summed E-state index contributed by atoms with van der Waals surface area (Å²) in [6.45, 7) is 2.23. The molecule has 0 radical (unpaired) electrons. The maximum Gasteiger partial charge on any atom is 0.231 e. The van der Waals surface area contributed by atoms with Gasteiger partial charge in [-0.05, 0) is 5.56 Å². The van der Waals surface area contributed by atoms with Crippen molar-refractivity contribution >= 4 is 28.9 Å². The van der Waals surface area contributed by atoms with E-state index in [2.05, 4.69) is 5.32 Å². The smallest absolute Gasteiger partial charge is 0.231 e. The fourth-order valence-corrected chi connectivity index (χ4v) is 4.69. The Labute approximate surface area is 191 Å². The molecule has 8 heteroatoms. The number of anilines is 1. The fourth-order valence-electron chi connectivity index (χ4n) is 4.39. The van der Waals surface area contributed by atoms with Gasteiger partial charge in [-0.15, -0.1) is 0 Å². The van der Waals surface area contributed by atoms with Crippen LogP contribution in [0, 0.1) is 5.92 Å². The molecule has 1 aliphatic heterocycles. The highest BCUT2D eigenvalue weighted by Gasteiger charge is 2.60. The second-order valence-corrected chi connectivity index (χ2v) is 8.13. The highest BCUT2D eigenvalue weighted by Crippen LogP contribution is 2.58. The largest absolute Gasteiger partial charge is 0.496 e. The van der Waals surface area contributed by atoms with Gasteiger partial charge in [0.15, 0.2) is 28.8 Å². The maximum atomic E-state index is 13.9. The van der Waals surface area contributed by atoms with Gasteiger partial charge in [-0.25, -0.2) is 0 Å². The topological polar surface area (TPSA) is 83.1 Å². The molecule has 2 atom stereocenters. The van der Waals surface area contributed by atoms with Crippen molar-refractivity contribution in [2.75, 3.05) is 26.6 Å². The normalized spacial score (nSPS) is 21.7. The van der Waals surface area contributed by atoms with Crippen LogP contribution in [0.4, 0.5) is 5.69 Å². The van der Waals surface area contributed by atoms with E-state index in [-0.39, 0.29) is 45.8 Å². The van der Waals surface area contributed by atoms with Crippen molar-refractivity contribution in [1.82, 2.24) is 0 Å². The summed E-state index contributed by atoms with van der Waals surface area (Å²) in [6.07, 6.45) is 1.46. The minimum absolute atomic E-state index is 0.131. The minimum Gasteiger partial charge on any atom is -0.496 e. The Morgan fingerprint density at radius 2 is 1.78 bits per heavy atom. The fraction of sp³-hybridized carbons (Fsp3) is 0.333. The second kappa shape index (κ2) is 8.39. The third-order valence-corrected chi connectivity index (χ3v) is 6.28. The molecule has 0 aromatic heterocycles. The lowest BCUT2D eigenvalue weighted by molar-refractivity contribution is -0.118. The van der Waals surface area contributed by atoms with Gasteiger partial charge < -0.3 is 24.3 Å². The maximum absolute atomic E-state index is 13.9. The molecular formula is C24H24ClNO6. The number of fused-ring (bicyclic) bond motifs is 1. The molecule has 0 unspecified atom stereocenters. The number of Topliss-reactive ketones (excluding diaryl/α,β-unsaturated/α-hetero) is 1. The zero-order chi connectivity index (χ0) is 23.0. The summed E-state index contributed by atoms with van der Waals surface area (Å²) in [5.74, 6) is -0.109. The number of hydrogen-bond donors (Lipinski definition) is 1. The monoisotopic (exact) mass is 457 g/mol. The lowest BCUT2D eigenvalue weighted by Crippen LogP contribution is -2.51. The molecule has 0 saturated carbocycles. The number of carbonyl (C=O) groups is 2. The Hall–Kier alpha value is -3.19. The predicted molar refractivity (Wildman–Crippen MR) is 120 cm³/mol. The van der Waals surface area contributed by atoms with Crippen molar-refractivity contribution < 1.29 is 28.5 Å². The summed E-state index contributed by atoms with van der Waals surface area (Å²) in [7, 11) is 4.36. The van der Waals surface area contributed by atoms with E-state index in [1.54, 1.807) is 6.92 Å². The number of methoxy groups -OCH3 is 3. The first kappa shape index (κ1) is 22.0. The molecule has 0 saturated heterocycles. The SMILES string of the molecule is COC1=CC(=O)C[C@@H](C)[C@]12Oc1c(Cl)c(OC)c(NCc3ccccc3)c(OC)c1C2=O. The first-order valence-corrected chi connectivity index (χ1v) is 10.5. The third-order valence-electron chi connectivity index (χ3n) is 5.93. The molecule has 4 rings (SSSR count). The van der Waals surface area contributed by atoms with E-state index in [4.69, 9.17) is 30.5 Å². The predicted octanol–water partition coefficient (Wildman–Crippen LogP) is 4.42. The number of rotatable bonds is 6. The van der Waals surface area contributed by atoms with Crippen LogP contribution in [0.15, 0.2) is 42.2 Å². The first-order chi connectivity index (χ1) is 15.4. The molecule has 2 aromatic rings. The van der Waals surface area contributed by atoms with E-state index in [1.165, 1.54) is 27.4 Å². The van der Waals surface area contributed by atoms with Gasteiger partial charge >= 0.3 is 0 Å². The van der Waals surface area contributed by atoms with Crippen LogP contribution in [0.2, 0.25) is 5.02 Å². The van der Waals surface area contributed by atoms with Crippen LogP contribution >= 0.6 is 11.6 Å². The van der Waals surface area contributed by atoms with Gasteiger partial charge in [-0.1, -0.05) is 48.9 Å². The average Bonchev–Trinajstić information content (AvgIpc) is 3.10. The van der Waals surface area contributed by atoms with Crippen molar-refractivity contribution in [3.63, 3.8) is 0 Å². The van der Waals surface area contributed by atoms with Crippen molar-refractivity contribution in [2.24, 2.45) is 5.92 Å². The Morgan fingerprint density at radius 1 is 1.09 bits per heavy atom. The zero-order valence-corrected chi connectivity index (χ0v) is 19.0. The molecule has 2 aliphatic rings. The minimum atomic E-state index is -1.50. The molecule has 0 bridgehead atoms. The van der Waals surface area contributed by atoms with Crippen molar-refractivity contribution in [1.29, 1.82) is 0 Å². The van der Waals surface area contributed by atoms with Crippen molar-refractivity contribution in [2.45, 2.75) is 25.5 Å². The van der Waals surface area contributed by atoms with Gasteiger partial charge in [0.25, 0.3) is 0 Å². The number of ether oxygens (including phenoxy) is 4. The lowest BCUT2D eigenvalue weighted by Gasteiger charge is -2.36. The van der Waals surface area contributed by atoms with Crippen LogP contribution in [0.25, 0.3) is 0 Å². The molecule has 7 nitrogen and oxygen atoms in total. The van der Waals surface area contributed by atoms with Gasteiger partial charge in [0.2, 0.25) is 11.4 Å². The molecule has 2 aromatic carbocycles. The van der Waals surface area contributed by atoms with E-state index >= 15 is 0 Å². The Balaban J connectivity index is 1.86. The Bertz CT molecular complexity index is 1110. The molecule has 168 valence electrons. The number of benzene rings is 2. The molecule has 1 spiro atoms. The molecule has 1 aliphatic carbocycles. The quantitative estimate of drug-likeness (QED) is 0.687. The number of nitrogens with one attached hydrogen (secondary N) is 1. The van der Waals surface area contributed by atoms with Crippen molar-refractivity contribution in [3.05, 3.63) is 58.3 Å². The van der Waals surface area contributed by atoms with Gasteiger partial charge in [0, 0.05) is 25.0 Å². The summed E-state index contributed by atoms with van der Waals surface area (Å²) in [5, 5.41) is 3.43. The van der Waals surface area contributed by atoms with Crippen LogP contribution in [0.5, 0.6) is 17.2 Å². The highest BCUT2D eigenvalue weighted by atomic mass is 35.5. The molecule has 32 heavy (non-hydrogen) atoms. The third kappa shape index (κ3) is 3.19. The van der Waals surface area contributed by atoms with Crippen LogP contribution in [0.3, 0.4) is 0 Å². The van der Waals surface area contributed by atoms with Gasteiger partial charge in [-0.3, -0.25) is 9.59 Å². The zero-order valence-electron chi connectivity index (χ0n) is 18.3. The Morgan fingerprint density at radius 3 is 2.41 bits per heavy atom. The molecule has 0 fully saturated rings. The van der Waals surface area contributed by atoms with E-state index in [0.29, 0.717) is 18.0 Å². The molecule has 0 amide bonds. The molecule has 1 N–H and O–H groups in total. The van der Waals surface area contributed by atoms with Crippen molar-refractivity contribution in [3.8, 4) is 17.2 Å². The van der Waals surface area contributed by atoms with Crippen LogP contribution in [-0.2, 0) is 16.1 Å². The molecular weight excluding hydrogens is 434 g/mol. The summed E-state index contributed by atoms with van der Waals surface area (Å²) in [6, 6.07) is 9.75. The van der Waals surface area contributed by atoms with Gasteiger partial charge in [-0.2, -0.15) is 0 Å². The summed E-state index contributed by atoms with van der Waals surface area (Å²) in [5.41, 5.74) is 0.165. The number of halogens is 1. The summed E-state index contributed by atoms with van der Waals surface area (Å²) >= 11 is 6.68. The molecule has 1 heterocycles. The second-order valence-electron chi connectivity index (χ2n) is 7.75. The van der Waals surface area contributed by atoms with Crippen LogP contribution in [0.1, 0.15) is 29.3 Å². The number of ketones is 2. The van der Waals surface area contributed by atoms with Crippen LogP contribution in [-0.4, -0.2) is 38.5 Å². The van der Waals surface area contributed by atoms with Gasteiger partial charge in [0.05, 0.1) is 21.3 Å². The van der Waals surface area contributed by atoms with E-state index in [9.17, 15) is 9.59 Å². The Kier molecular flexibility index (Phi) is 5.77. The standard InChI is InChI=1S/C24H24ClNO6/c1-13-10-15(27)11-16(29-2)24(13)23(28)17-20(32-24)18(25)22(31-4)19(21(17)30-3)26-12-14-8-6-5-7-9-14/h5-9,11,13,26H,10,12H2,1-4H3/t13-,24+/m1/s1. The summed E-state index contributed by atoms with van der Waals surface area (Å²) in [4.78, 5) is 26.0. The number of carbonyl (C=O) groups excluding carboxylic acids is 2. The van der Waals surface area contributed by atoms with E-state index < -0.39 is 11.5 Å². The van der Waals surface area contributed by atoms with E-state index in [1.807, 2.05) is 30.3 Å². The first-order valence-electron chi connectivity index (χ1n) is 10.2. The summed E-state index contributed by atoms with van der Waals surface area (Å²) < 4.78 is 22.9. The highest BCUT2D eigenvalue weighted by molar-refractivity contribution is 6.36. The number of hydrogen-bond acceptors (Lipinski definition) is 7. The van der Waals surface area contributed by atoms with Crippen LogP contribution < -0.4 is 19.5 Å².